The van der Waals surface area contributed by atoms with E-state index in [0.717, 1.165) is 0 Å². The van der Waals surface area contributed by atoms with Crippen LogP contribution in [0.3, 0.4) is 0 Å². The van der Waals surface area contributed by atoms with Crippen LogP contribution in [-0.2, 0) is 0 Å². The Morgan fingerprint density at radius 3 is 2.00 bits per heavy atom. The molecule has 0 aliphatic rings. The molecule has 0 spiro atoms. The van der Waals surface area contributed by atoms with Crippen LogP contribution in [0.4, 0.5) is 0 Å². The number of hydrogen-bond donors (Lipinski definition) is 1. The average molecular weight is 203 g/mol. The molecule has 50 valence electrons. The minimum atomic E-state index is -0.630. The van der Waals surface area contributed by atoms with E-state index >= 15 is 0 Å². The van der Waals surface area contributed by atoms with Gasteiger partial charge in [0.2, 0.25) is 0 Å². The van der Waals surface area contributed by atoms with Crippen molar-refractivity contribution in [2.45, 2.75) is 26.4 Å². The molecule has 0 aromatic rings. The normalized spacial score (nSPS) is 13.0. The Bertz CT molecular complexity index is 57.0. The molecule has 9 heavy (non-hydrogen) atoms. The molecule has 0 saturated heterocycles. The molecule has 3 heteroatoms. The summed E-state index contributed by atoms with van der Waals surface area (Å²) in [4.78, 5) is 0. The van der Waals surface area contributed by atoms with Crippen LogP contribution in [0.2, 0.25) is 0 Å². The maximum Gasteiger partial charge on any atom is 1.00 e. The zero-order valence-corrected chi connectivity index (χ0v) is 11.3. The van der Waals surface area contributed by atoms with Gasteiger partial charge in [-0.2, -0.15) is 0 Å². The van der Waals surface area contributed by atoms with E-state index in [1.165, 1.54) is 0 Å². The zero-order valence-electron chi connectivity index (χ0n) is 6.42. The molecule has 0 fully saturated rings. The second kappa shape index (κ2) is 7.83. The van der Waals surface area contributed by atoms with Crippen LogP contribution in [-0.4, -0.2) is 17.8 Å². The predicted octanol–water partition coefficient (Wildman–Crippen LogP) is -3.24. The number of hydrogen-bond acceptors (Lipinski definition) is 2. The van der Waals surface area contributed by atoms with Gasteiger partial charge in [-0.15, -0.1) is 6.61 Å². The van der Waals surface area contributed by atoms with Gasteiger partial charge in [0, 0.05) is 6.10 Å². The van der Waals surface area contributed by atoms with E-state index in [4.69, 9.17) is 5.11 Å². The van der Waals surface area contributed by atoms with Crippen LogP contribution in [0.1, 0.15) is 20.3 Å². The monoisotopic (exact) mass is 202 g/mol. The van der Waals surface area contributed by atoms with Gasteiger partial charge in [0.25, 0.3) is 0 Å². The summed E-state index contributed by atoms with van der Waals surface area (Å²) >= 11 is 0. The second-order valence-corrected chi connectivity index (χ2v) is 2.45. The van der Waals surface area contributed by atoms with Gasteiger partial charge < -0.3 is 10.2 Å². The fourth-order valence-corrected chi connectivity index (χ4v) is 0.612. The summed E-state index contributed by atoms with van der Waals surface area (Å²) < 4.78 is 0. The molecular weight excluding hydrogens is 190 g/mol. The van der Waals surface area contributed by atoms with Gasteiger partial charge in [-0.3, -0.25) is 0 Å². The van der Waals surface area contributed by atoms with Crippen molar-refractivity contribution in [2.24, 2.45) is 5.92 Å². The zero-order chi connectivity index (χ0) is 6.57. The van der Waals surface area contributed by atoms with Gasteiger partial charge in [0.05, 0.1) is 0 Å². The molecule has 1 N–H and O–H groups in total. The first-order chi connectivity index (χ1) is 3.66. The average Bonchev–Trinajstić information content (AvgIpc) is 1.65. The molecule has 1 unspecified atom stereocenters. The van der Waals surface area contributed by atoms with Gasteiger partial charge in [0.1, 0.15) is 0 Å². The summed E-state index contributed by atoms with van der Waals surface area (Å²) in [6.45, 7) is 3.61. The van der Waals surface area contributed by atoms with Crippen LogP contribution in [0.25, 0.3) is 0 Å². The molecule has 0 aliphatic heterocycles. The Kier molecular flexibility index (Phi) is 11.6. The Labute approximate surface area is 105 Å². The van der Waals surface area contributed by atoms with Crippen molar-refractivity contribution in [3.05, 3.63) is 0 Å². The van der Waals surface area contributed by atoms with E-state index in [9.17, 15) is 5.11 Å². The van der Waals surface area contributed by atoms with E-state index in [2.05, 4.69) is 0 Å². The standard InChI is InChI=1S/C6H13O2.Rb/c1-5(2)3-6(8)4-7;/h5-6,8H,3-4H2,1-2H3;/q-1;+1. The third-order valence-electron chi connectivity index (χ3n) is 0.936. The van der Waals surface area contributed by atoms with E-state index in [1.54, 1.807) is 0 Å². The van der Waals surface area contributed by atoms with Crippen molar-refractivity contribution in [2.75, 3.05) is 6.61 Å². The minimum Gasteiger partial charge on any atom is -0.853 e. The van der Waals surface area contributed by atoms with Crippen molar-refractivity contribution in [1.29, 1.82) is 0 Å². The smallest absolute Gasteiger partial charge is 0.853 e. The molecule has 0 aliphatic carbocycles. The van der Waals surface area contributed by atoms with Crippen molar-refractivity contribution in [3.63, 3.8) is 0 Å². The van der Waals surface area contributed by atoms with Crippen molar-refractivity contribution in [1.82, 2.24) is 0 Å². The summed E-state index contributed by atoms with van der Waals surface area (Å²) in [6, 6.07) is 0. The molecular formula is C6H13O2Rb. The molecule has 0 amide bonds. The van der Waals surface area contributed by atoms with E-state index in [1.807, 2.05) is 13.8 Å². The first-order valence-electron chi connectivity index (χ1n) is 2.93. The van der Waals surface area contributed by atoms with E-state index in [-0.39, 0.29) is 64.8 Å². The Balaban J connectivity index is 0. The van der Waals surface area contributed by atoms with Gasteiger partial charge in [-0.1, -0.05) is 13.8 Å². The summed E-state index contributed by atoms with van der Waals surface area (Å²) in [5.74, 6) is 0.430. The maximum atomic E-state index is 9.92. The third-order valence-corrected chi connectivity index (χ3v) is 0.936. The van der Waals surface area contributed by atoms with Crippen LogP contribution in [0.5, 0.6) is 0 Å². The first-order valence-corrected chi connectivity index (χ1v) is 2.93. The summed E-state index contributed by atoms with van der Waals surface area (Å²) in [6.07, 6.45) is -0.00116. The summed E-state index contributed by atoms with van der Waals surface area (Å²) in [5.41, 5.74) is 0. The Hall–Kier alpha value is 1.73. The quantitative estimate of drug-likeness (QED) is 0.523. The minimum absolute atomic E-state index is 0. The van der Waals surface area contributed by atoms with Crippen LogP contribution in [0.15, 0.2) is 0 Å². The molecule has 0 aromatic heterocycles. The van der Waals surface area contributed by atoms with Crippen molar-refractivity contribution < 1.29 is 68.4 Å². The third kappa shape index (κ3) is 9.73. The summed E-state index contributed by atoms with van der Waals surface area (Å²) in [7, 11) is 0. The Morgan fingerprint density at radius 1 is 1.44 bits per heavy atom. The van der Waals surface area contributed by atoms with E-state index < -0.39 is 6.10 Å². The van der Waals surface area contributed by atoms with Gasteiger partial charge in [-0.05, 0) is 12.3 Å². The fraction of sp³-hybridized carbons (Fsp3) is 1.00. The molecule has 0 aromatic carbocycles. The summed E-state index contributed by atoms with van der Waals surface area (Å²) in [5, 5.41) is 18.6. The molecule has 1 atom stereocenters. The van der Waals surface area contributed by atoms with E-state index in [0.29, 0.717) is 12.3 Å². The predicted molar refractivity (Wildman–Crippen MR) is 30.3 cm³/mol. The number of rotatable bonds is 3. The fourth-order valence-electron chi connectivity index (χ4n) is 0.612. The molecule has 0 radical (unpaired) electrons. The van der Waals surface area contributed by atoms with Gasteiger partial charge in [0.15, 0.2) is 0 Å². The van der Waals surface area contributed by atoms with Crippen LogP contribution < -0.4 is 63.3 Å². The Morgan fingerprint density at radius 2 is 1.89 bits per heavy atom. The van der Waals surface area contributed by atoms with Gasteiger partial charge in [-0.25, -0.2) is 0 Å². The number of aliphatic hydroxyl groups is 1. The molecule has 0 heterocycles. The number of aliphatic hydroxyl groups excluding tert-OH is 1. The molecule has 0 bridgehead atoms. The molecule has 2 nitrogen and oxygen atoms in total. The van der Waals surface area contributed by atoms with Crippen molar-refractivity contribution in [3.8, 4) is 0 Å². The second-order valence-electron chi connectivity index (χ2n) is 2.45. The maximum absolute atomic E-state index is 9.92. The molecule has 0 saturated carbocycles. The molecule has 0 rings (SSSR count). The van der Waals surface area contributed by atoms with Crippen LogP contribution >= 0.6 is 0 Å². The first kappa shape index (κ1) is 13.3. The van der Waals surface area contributed by atoms with Crippen molar-refractivity contribution >= 4 is 0 Å². The van der Waals surface area contributed by atoms with Crippen LogP contribution in [0, 0.1) is 5.92 Å². The van der Waals surface area contributed by atoms with Gasteiger partial charge >= 0.3 is 58.2 Å². The SMILES string of the molecule is CC(C)CC(O)C[O-].[Rb+]. The topological polar surface area (TPSA) is 43.3 Å². The largest absolute Gasteiger partial charge is 1.00 e.